The molecule has 2 atom stereocenters. The van der Waals surface area contributed by atoms with Crippen molar-refractivity contribution in [3.8, 4) is 23.0 Å². The van der Waals surface area contributed by atoms with Crippen LogP contribution in [0.2, 0.25) is 0 Å². The predicted octanol–water partition coefficient (Wildman–Crippen LogP) is 5.07. The minimum atomic E-state index is -0.283. The van der Waals surface area contributed by atoms with E-state index in [1.165, 1.54) is 0 Å². The van der Waals surface area contributed by atoms with Crippen molar-refractivity contribution >= 4 is 11.5 Å². The molecule has 0 saturated carbocycles. The number of allylic oxidation sites excluding steroid dienone is 2. The lowest BCUT2D eigenvalue weighted by Gasteiger charge is -2.37. The number of rotatable bonds is 6. The third kappa shape index (κ3) is 3.97. The van der Waals surface area contributed by atoms with Gasteiger partial charge < -0.3 is 24.3 Å². The molecule has 0 bridgehead atoms. The number of Topliss-reactive ketones (excluding diaryl/α,β-unsaturated/α-hetero) is 1. The fraction of sp³-hybridized carbons (Fsp3) is 0.286. The van der Waals surface area contributed by atoms with Gasteiger partial charge in [0.1, 0.15) is 11.5 Å². The van der Waals surface area contributed by atoms with Gasteiger partial charge in [-0.2, -0.15) is 0 Å². The summed E-state index contributed by atoms with van der Waals surface area (Å²) < 4.78 is 22.2. The number of aromatic nitrogens is 1. The van der Waals surface area contributed by atoms with E-state index in [4.69, 9.17) is 18.9 Å². The topological polar surface area (TPSA) is 78.9 Å². The smallest absolute Gasteiger partial charge is 0.162 e. The number of carbonyl (C=O) groups is 1. The molecule has 7 heteroatoms. The Bertz CT molecular complexity index is 1300. The van der Waals surface area contributed by atoms with Crippen molar-refractivity contribution in [2.24, 2.45) is 0 Å². The van der Waals surface area contributed by atoms with Gasteiger partial charge in [0.15, 0.2) is 17.3 Å². The second-order valence-corrected chi connectivity index (χ2v) is 8.67. The standard InChI is InChI=1S/C28H28N2O5/c1-32-19-13-21-28(25(14-19)35-4)26(17-6-5-9-29-15-17)27-20(30-21)10-18(11-22(27)31)16-7-8-23(33-2)24(12-16)34-3/h5-9,12-15,18,26,30H,10-11H2,1-4H3/t18-,26+/m0/s1. The Labute approximate surface area is 204 Å². The zero-order valence-electron chi connectivity index (χ0n) is 20.3. The maximum Gasteiger partial charge on any atom is 0.162 e. The summed E-state index contributed by atoms with van der Waals surface area (Å²) in [6.07, 6.45) is 4.65. The maximum absolute atomic E-state index is 13.8. The van der Waals surface area contributed by atoms with Crippen LogP contribution in [0.15, 0.2) is 66.1 Å². The van der Waals surface area contributed by atoms with E-state index in [0.717, 1.165) is 33.6 Å². The molecule has 5 rings (SSSR count). The normalized spacial score (nSPS) is 18.8. The van der Waals surface area contributed by atoms with E-state index in [2.05, 4.69) is 10.3 Å². The van der Waals surface area contributed by atoms with Crippen LogP contribution in [0.1, 0.15) is 41.4 Å². The zero-order chi connectivity index (χ0) is 24.5. The van der Waals surface area contributed by atoms with Crippen LogP contribution < -0.4 is 24.3 Å². The van der Waals surface area contributed by atoms with E-state index in [0.29, 0.717) is 35.8 Å². The van der Waals surface area contributed by atoms with Crippen LogP contribution in [0.4, 0.5) is 5.69 Å². The summed E-state index contributed by atoms with van der Waals surface area (Å²) in [6.45, 7) is 0. The van der Waals surface area contributed by atoms with Crippen LogP contribution in [0.3, 0.4) is 0 Å². The lowest BCUT2D eigenvalue weighted by atomic mass is 9.72. The van der Waals surface area contributed by atoms with Crippen molar-refractivity contribution in [2.75, 3.05) is 33.8 Å². The molecule has 0 spiro atoms. The van der Waals surface area contributed by atoms with Gasteiger partial charge in [0, 0.05) is 59.4 Å². The molecule has 2 aliphatic rings. The van der Waals surface area contributed by atoms with Crippen molar-refractivity contribution < 1.29 is 23.7 Å². The van der Waals surface area contributed by atoms with E-state index in [-0.39, 0.29) is 17.6 Å². The lowest BCUT2D eigenvalue weighted by molar-refractivity contribution is -0.116. The molecule has 0 unspecified atom stereocenters. The minimum absolute atomic E-state index is 0.0113. The molecule has 1 aromatic heterocycles. The van der Waals surface area contributed by atoms with E-state index in [9.17, 15) is 4.79 Å². The number of fused-ring (bicyclic) bond motifs is 1. The lowest BCUT2D eigenvalue weighted by Crippen LogP contribution is -2.30. The van der Waals surface area contributed by atoms with Crippen LogP contribution in [-0.4, -0.2) is 39.2 Å². The number of anilines is 1. The molecule has 2 heterocycles. The molecule has 3 aromatic rings. The predicted molar refractivity (Wildman–Crippen MR) is 133 cm³/mol. The molecular formula is C28H28N2O5. The molecule has 0 amide bonds. The monoisotopic (exact) mass is 472 g/mol. The molecule has 0 radical (unpaired) electrons. The first-order valence-electron chi connectivity index (χ1n) is 11.5. The first-order valence-corrected chi connectivity index (χ1v) is 11.5. The van der Waals surface area contributed by atoms with Crippen LogP contribution in [0, 0.1) is 0 Å². The number of benzene rings is 2. The number of carbonyl (C=O) groups excluding carboxylic acids is 1. The number of hydrogen-bond donors (Lipinski definition) is 1. The number of nitrogens with one attached hydrogen (secondary N) is 1. The van der Waals surface area contributed by atoms with Gasteiger partial charge >= 0.3 is 0 Å². The van der Waals surface area contributed by atoms with Crippen LogP contribution in [0.5, 0.6) is 23.0 Å². The van der Waals surface area contributed by atoms with Crippen molar-refractivity contribution in [3.63, 3.8) is 0 Å². The summed E-state index contributed by atoms with van der Waals surface area (Å²) >= 11 is 0. The van der Waals surface area contributed by atoms with Gasteiger partial charge in [-0.25, -0.2) is 0 Å². The van der Waals surface area contributed by atoms with Crippen molar-refractivity contribution in [1.82, 2.24) is 4.98 Å². The maximum atomic E-state index is 13.8. The second kappa shape index (κ2) is 9.33. The van der Waals surface area contributed by atoms with Gasteiger partial charge in [-0.15, -0.1) is 0 Å². The molecule has 7 nitrogen and oxygen atoms in total. The summed E-state index contributed by atoms with van der Waals surface area (Å²) in [7, 11) is 6.50. The average molecular weight is 473 g/mol. The Morgan fingerprint density at radius 1 is 0.857 bits per heavy atom. The fourth-order valence-electron chi connectivity index (χ4n) is 5.20. The third-order valence-corrected chi connectivity index (χ3v) is 6.84. The summed E-state index contributed by atoms with van der Waals surface area (Å²) in [5, 5.41) is 3.55. The van der Waals surface area contributed by atoms with Gasteiger partial charge in [0.2, 0.25) is 0 Å². The quantitative estimate of drug-likeness (QED) is 0.536. The Balaban J connectivity index is 1.63. The van der Waals surface area contributed by atoms with Crippen molar-refractivity contribution in [1.29, 1.82) is 0 Å². The van der Waals surface area contributed by atoms with Crippen LogP contribution in [-0.2, 0) is 4.79 Å². The summed E-state index contributed by atoms with van der Waals surface area (Å²) in [6, 6.07) is 13.6. The highest BCUT2D eigenvalue weighted by atomic mass is 16.5. The molecule has 180 valence electrons. The van der Waals surface area contributed by atoms with Crippen molar-refractivity contribution in [2.45, 2.75) is 24.7 Å². The first-order chi connectivity index (χ1) is 17.1. The molecular weight excluding hydrogens is 444 g/mol. The average Bonchev–Trinajstić information content (AvgIpc) is 2.91. The zero-order valence-corrected chi connectivity index (χ0v) is 20.3. The molecule has 1 aliphatic carbocycles. The Morgan fingerprint density at radius 3 is 2.34 bits per heavy atom. The number of pyridine rings is 1. The molecule has 0 saturated heterocycles. The highest BCUT2D eigenvalue weighted by Gasteiger charge is 2.40. The summed E-state index contributed by atoms with van der Waals surface area (Å²) in [5.74, 6) is 2.51. The number of ketones is 1. The van der Waals surface area contributed by atoms with Gasteiger partial charge in [0.05, 0.1) is 28.4 Å². The van der Waals surface area contributed by atoms with Gasteiger partial charge in [-0.1, -0.05) is 12.1 Å². The first kappa shape index (κ1) is 22.8. The number of ether oxygens (including phenoxy) is 4. The van der Waals surface area contributed by atoms with Gasteiger partial charge in [-0.3, -0.25) is 9.78 Å². The molecule has 2 aromatic carbocycles. The van der Waals surface area contributed by atoms with E-state index < -0.39 is 0 Å². The molecule has 1 aliphatic heterocycles. The Morgan fingerprint density at radius 2 is 1.66 bits per heavy atom. The molecule has 0 fully saturated rings. The second-order valence-electron chi connectivity index (χ2n) is 8.67. The highest BCUT2D eigenvalue weighted by Crippen LogP contribution is 2.52. The van der Waals surface area contributed by atoms with E-state index in [1.807, 2.05) is 48.7 Å². The SMILES string of the molecule is COc1cc2c(c(OC)c1)[C@H](c1cccnc1)C1=C(C[C@H](c3ccc(OC)c(OC)c3)CC1=O)N2. The Hall–Kier alpha value is -4.00. The van der Waals surface area contributed by atoms with Gasteiger partial charge in [-0.05, 0) is 41.7 Å². The number of methoxy groups -OCH3 is 4. The minimum Gasteiger partial charge on any atom is -0.497 e. The Kier molecular flexibility index (Phi) is 6.07. The highest BCUT2D eigenvalue weighted by molar-refractivity contribution is 6.02. The number of nitrogens with zero attached hydrogens (tertiary/aromatic N) is 1. The summed E-state index contributed by atoms with van der Waals surface area (Å²) in [5.41, 5.74) is 5.45. The molecule has 35 heavy (non-hydrogen) atoms. The van der Waals surface area contributed by atoms with Crippen LogP contribution >= 0.6 is 0 Å². The van der Waals surface area contributed by atoms with Gasteiger partial charge in [0.25, 0.3) is 0 Å². The number of hydrogen-bond acceptors (Lipinski definition) is 7. The molecule has 1 N–H and O–H groups in total. The van der Waals surface area contributed by atoms with Crippen LogP contribution in [0.25, 0.3) is 0 Å². The summed E-state index contributed by atoms with van der Waals surface area (Å²) in [4.78, 5) is 18.1. The third-order valence-electron chi connectivity index (χ3n) is 6.84. The van der Waals surface area contributed by atoms with E-state index >= 15 is 0 Å². The fourth-order valence-corrected chi connectivity index (χ4v) is 5.20. The van der Waals surface area contributed by atoms with E-state index in [1.54, 1.807) is 34.6 Å². The largest absolute Gasteiger partial charge is 0.497 e. The van der Waals surface area contributed by atoms with Crippen molar-refractivity contribution in [3.05, 3.63) is 82.8 Å².